The van der Waals surface area contributed by atoms with Gasteiger partial charge in [-0.2, -0.15) is 8.42 Å². The van der Waals surface area contributed by atoms with E-state index in [-0.39, 0.29) is 36.2 Å². The molecule has 0 aliphatic carbocycles. The fourth-order valence-corrected chi connectivity index (χ4v) is 2.02. The number of carboxylic acids is 1. The molecule has 1 atom stereocenters. The van der Waals surface area contributed by atoms with Crippen LogP contribution in [-0.2, 0) is 31.1 Å². The topological polar surface area (TPSA) is 121 Å². The molecular weight excluding hydrogens is 323 g/mol. The van der Waals surface area contributed by atoms with Crippen molar-refractivity contribution in [3.8, 4) is 0 Å². The molecule has 0 heterocycles. The average Bonchev–Trinajstić information content (AvgIpc) is 2.41. The van der Waals surface area contributed by atoms with Crippen LogP contribution in [0.25, 0.3) is 6.08 Å². The van der Waals surface area contributed by atoms with Crippen molar-refractivity contribution in [1.29, 1.82) is 0 Å². The Morgan fingerprint density at radius 1 is 1.32 bits per heavy atom. The molecule has 0 aromatic heterocycles. The molecule has 1 rings (SSSR count). The molecule has 0 bridgehead atoms. The Labute approximate surface area is 150 Å². The minimum absolute atomic E-state index is 0. The Morgan fingerprint density at radius 3 is 2.27 bits per heavy atom. The van der Waals surface area contributed by atoms with Crippen molar-refractivity contribution in [3.63, 3.8) is 0 Å². The first-order valence-electron chi connectivity index (χ1n) is 5.78. The van der Waals surface area contributed by atoms with Gasteiger partial charge in [0.1, 0.15) is 11.9 Å². The minimum atomic E-state index is -4.93. The van der Waals surface area contributed by atoms with Crippen molar-refractivity contribution < 1.29 is 62.0 Å². The van der Waals surface area contributed by atoms with Gasteiger partial charge in [-0.05, 0) is 11.1 Å². The predicted octanol–water partition coefficient (Wildman–Crippen LogP) is -3.23. The first-order valence-corrected chi connectivity index (χ1v) is 7.28. The molecule has 22 heavy (non-hydrogen) atoms. The zero-order valence-electron chi connectivity index (χ0n) is 11.9. The predicted molar refractivity (Wildman–Crippen MR) is 71.3 cm³/mol. The summed E-state index contributed by atoms with van der Waals surface area (Å²) in [5.41, 5.74) is 1.50. The molecular formula is C13H13NaO7S. The molecule has 0 fully saturated rings. The summed E-state index contributed by atoms with van der Waals surface area (Å²) < 4.78 is 35.0. The van der Waals surface area contributed by atoms with Crippen LogP contribution in [0, 0.1) is 0 Å². The van der Waals surface area contributed by atoms with Gasteiger partial charge in [0.2, 0.25) is 0 Å². The number of ether oxygens (including phenoxy) is 1. The second-order valence-corrected chi connectivity index (χ2v) is 5.73. The van der Waals surface area contributed by atoms with E-state index < -0.39 is 33.7 Å². The summed E-state index contributed by atoms with van der Waals surface area (Å²) in [7, 11) is -4.93. The number of rotatable bonds is 7. The number of hydrogen-bond acceptors (Lipinski definition) is 6. The number of benzene rings is 1. The van der Waals surface area contributed by atoms with Gasteiger partial charge in [0.15, 0.2) is 0 Å². The van der Waals surface area contributed by atoms with E-state index in [0.29, 0.717) is 5.56 Å². The van der Waals surface area contributed by atoms with E-state index in [1.54, 1.807) is 30.3 Å². The number of esters is 1. The monoisotopic (exact) mass is 336 g/mol. The van der Waals surface area contributed by atoms with Crippen LogP contribution in [0.2, 0.25) is 0 Å². The quantitative estimate of drug-likeness (QED) is 0.316. The van der Waals surface area contributed by atoms with Crippen LogP contribution in [0.3, 0.4) is 0 Å². The van der Waals surface area contributed by atoms with Crippen LogP contribution < -0.4 is 34.7 Å². The molecule has 1 unspecified atom stereocenters. The fraction of sp³-hybridized carbons (Fsp3) is 0.231. The van der Waals surface area contributed by atoms with E-state index >= 15 is 0 Å². The van der Waals surface area contributed by atoms with Crippen LogP contribution >= 0.6 is 0 Å². The van der Waals surface area contributed by atoms with Gasteiger partial charge in [0.05, 0.1) is 12.4 Å². The normalized spacial score (nSPS) is 11.9. The summed E-state index contributed by atoms with van der Waals surface area (Å²) in [5, 5.41) is 8.22. The van der Waals surface area contributed by atoms with Crippen molar-refractivity contribution >= 4 is 28.1 Å². The molecule has 1 N–H and O–H groups in total. The molecule has 0 saturated heterocycles. The Bertz CT molecular complexity index is 637. The van der Waals surface area contributed by atoms with Gasteiger partial charge in [-0.25, -0.2) is 0 Å². The van der Waals surface area contributed by atoms with Crippen molar-refractivity contribution in [2.45, 2.75) is 18.3 Å². The summed E-state index contributed by atoms with van der Waals surface area (Å²) >= 11 is 0. The van der Waals surface area contributed by atoms with E-state index in [9.17, 15) is 23.1 Å². The van der Waals surface area contributed by atoms with E-state index in [1.807, 2.05) is 0 Å². The van der Waals surface area contributed by atoms with E-state index in [2.05, 4.69) is 6.58 Å². The maximum absolute atomic E-state index is 11.4. The molecule has 0 aliphatic rings. The molecule has 0 spiro atoms. The maximum Gasteiger partial charge on any atom is 1.00 e. The van der Waals surface area contributed by atoms with E-state index in [0.717, 1.165) is 5.56 Å². The van der Waals surface area contributed by atoms with Gasteiger partial charge in [-0.1, -0.05) is 36.9 Å². The van der Waals surface area contributed by atoms with Crippen molar-refractivity contribution in [1.82, 2.24) is 0 Å². The van der Waals surface area contributed by atoms with E-state index in [1.165, 1.54) is 0 Å². The Hall–Kier alpha value is -1.19. The summed E-state index contributed by atoms with van der Waals surface area (Å²) in [4.78, 5) is 22.0. The second-order valence-electron chi connectivity index (χ2n) is 4.13. The van der Waals surface area contributed by atoms with Crippen LogP contribution in [0.15, 0.2) is 30.8 Å². The molecule has 1 aromatic rings. The molecule has 7 nitrogen and oxygen atoms in total. The molecule has 9 heteroatoms. The first-order chi connectivity index (χ1) is 9.74. The maximum atomic E-state index is 11.4. The van der Waals surface area contributed by atoms with Gasteiger partial charge in [0, 0.05) is 0 Å². The summed E-state index contributed by atoms with van der Waals surface area (Å²) in [6, 6.07) is 6.81. The summed E-state index contributed by atoms with van der Waals surface area (Å²) in [6.07, 6.45) is 0.609. The molecule has 0 aliphatic heterocycles. The molecule has 0 radical (unpaired) electrons. The SMILES string of the molecule is C=Cc1ccc(COC(=O)CC(C(=O)[O-])S(=O)(=O)O)cc1.[Na+]. The minimum Gasteiger partial charge on any atom is -0.549 e. The van der Waals surface area contributed by atoms with Crippen LogP contribution in [0.4, 0.5) is 0 Å². The summed E-state index contributed by atoms with van der Waals surface area (Å²) in [5.74, 6) is -3.14. The van der Waals surface area contributed by atoms with Crippen molar-refractivity contribution in [2.24, 2.45) is 0 Å². The van der Waals surface area contributed by atoms with Gasteiger partial charge in [-0.15, -0.1) is 0 Å². The molecule has 1 aromatic carbocycles. The standard InChI is InChI=1S/C13H14O7S.Na/c1-2-9-3-5-10(6-4-9)8-20-12(14)7-11(13(15)16)21(17,18)19;/h2-6,11H,1,7-8H2,(H,15,16)(H,17,18,19);/q;+1/p-1. The number of carboxylic acid groups (broad SMARTS) is 1. The third-order valence-electron chi connectivity index (χ3n) is 2.59. The van der Waals surface area contributed by atoms with Crippen LogP contribution in [-0.4, -0.2) is 30.2 Å². The smallest absolute Gasteiger partial charge is 0.549 e. The zero-order chi connectivity index (χ0) is 16.0. The van der Waals surface area contributed by atoms with Crippen LogP contribution in [0.1, 0.15) is 17.5 Å². The molecule has 114 valence electrons. The van der Waals surface area contributed by atoms with Crippen LogP contribution in [0.5, 0.6) is 0 Å². The Morgan fingerprint density at radius 2 is 1.86 bits per heavy atom. The third-order valence-corrected chi connectivity index (χ3v) is 3.67. The largest absolute Gasteiger partial charge is 1.00 e. The van der Waals surface area contributed by atoms with Gasteiger partial charge < -0.3 is 14.6 Å². The van der Waals surface area contributed by atoms with Crippen molar-refractivity contribution in [3.05, 3.63) is 42.0 Å². The van der Waals surface area contributed by atoms with Gasteiger partial charge in [0.25, 0.3) is 10.1 Å². The number of aliphatic carboxylic acids is 1. The number of carbonyl (C=O) groups is 2. The third kappa shape index (κ3) is 6.71. The summed E-state index contributed by atoms with van der Waals surface area (Å²) in [6.45, 7) is 3.43. The number of carbonyl (C=O) groups excluding carboxylic acids is 2. The van der Waals surface area contributed by atoms with Gasteiger partial charge in [-0.3, -0.25) is 9.35 Å². The Kier molecular flexibility index (Phi) is 8.57. The fourth-order valence-electron chi connectivity index (χ4n) is 1.43. The molecule has 0 amide bonds. The molecule has 0 saturated carbocycles. The second kappa shape index (κ2) is 9.06. The average molecular weight is 336 g/mol. The van der Waals surface area contributed by atoms with Gasteiger partial charge >= 0.3 is 35.5 Å². The Balaban J connectivity index is 0.00000441. The number of hydrogen-bond donors (Lipinski definition) is 1. The van der Waals surface area contributed by atoms with Crippen molar-refractivity contribution in [2.75, 3.05) is 0 Å². The zero-order valence-corrected chi connectivity index (χ0v) is 14.7. The first kappa shape index (κ1) is 20.8. The van der Waals surface area contributed by atoms with E-state index in [4.69, 9.17) is 9.29 Å².